The van der Waals surface area contributed by atoms with Gasteiger partial charge in [-0.1, -0.05) is 19.1 Å². The van der Waals surface area contributed by atoms with Crippen molar-refractivity contribution >= 4 is 0 Å². The first-order valence-electron chi connectivity index (χ1n) is 3.86. The van der Waals surface area contributed by atoms with Crippen LogP contribution in [0.1, 0.15) is 26.7 Å². The monoisotopic (exact) mass is 162 g/mol. The van der Waals surface area contributed by atoms with E-state index >= 15 is 0 Å². The van der Waals surface area contributed by atoms with E-state index in [0.717, 1.165) is 0 Å². The predicted octanol–water partition coefficient (Wildman–Crippen LogP) is 1.14. The van der Waals surface area contributed by atoms with Gasteiger partial charge in [0.05, 0.1) is 0 Å². The lowest BCUT2D eigenvalue weighted by atomic mass is 10.0. The van der Waals surface area contributed by atoms with Gasteiger partial charge in [0.15, 0.2) is 0 Å². The summed E-state index contributed by atoms with van der Waals surface area (Å²) in [5.74, 6) is 0. The van der Waals surface area contributed by atoms with Crippen LogP contribution in [-0.4, -0.2) is 40.3 Å². The maximum atomic E-state index is 8.98. The van der Waals surface area contributed by atoms with Crippen LogP contribution < -0.4 is 0 Å². The summed E-state index contributed by atoms with van der Waals surface area (Å²) in [6.07, 6.45) is 1.34. The zero-order chi connectivity index (χ0) is 9.07. The molecule has 0 rings (SSSR count). The molecule has 0 saturated carbocycles. The van der Waals surface area contributed by atoms with E-state index in [9.17, 15) is 0 Å². The fraction of sp³-hybridized carbons (Fsp3) is 1.00. The third-order valence-electron chi connectivity index (χ3n) is 2.34. The van der Waals surface area contributed by atoms with Crippen LogP contribution in [-0.2, 0) is 0 Å². The molecule has 0 aromatic heterocycles. The molecular formula is C7H18N2O2. The van der Waals surface area contributed by atoms with Crippen molar-refractivity contribution in [1.29, 1.82) is 0 Å². The first kappa shape index (κ1) is 10.8. The van der Waals surface area contributed by atoms with Gasteiger partial charge in [-0.25, -0.2) is 0 Å². The first-order chi connectivity index (χ1) is 5.01. The summed E-state index contributed by atoms with van der Waals surface area (Å²) in [7, 11) is 3.65. The molecule has 0 aliphatic heterocycles. The standard InChI is InChI=1S/C7H18N2O2/c1-5-7(6-2,8(3)4)9(10)11/h10-11H,5-6H2,1-4H3. The lowest BCUT2D eigenvalue weighted by Gasteiger charge is -2.40. The number of hydrogen-bond donors (Lipinski definition) is 2. The third-order valence-corrected chi connectivity index (χ3v) is 2.34. The second-order valence-corrected chi connectivity index (χ2v) is 2.87. The van der Waals surface area contributed by atoms with E-state index < -0.39 is 5.66 Å². The van der Waals surface area contributed by atoms with Gasteiger partial charge in [0.2, 0.25) is 0 Å². The molecule has 0 aromatic carbocycles. The molecule has 0 heterocycles. The molecular weight excluding hydrogens is 144 g/mol. The average molecular weight is 162 g/mol. The molecule has 68 valence electrons. The fourth-order valence-electron chi connectivity index (χ4n) is 1.34. The predicted molar refractivity (Wildman–Crippen MR) is 42.4 cm³/mol. The van der Waals surface area contributed by atoms with Gasteiger partial charge in [0.1, 0.15) is 5.66 Å². The van der Waals surface area contributed by atoms with Gasteiger partial charge in [0.25, 0.3) is 0 Å². The highest BCUT2D eigenvalue weighted by atomic mass is 16.8. The minimum absolute atomic E-state index is 0.299. The van der Waals surface area contributed by atoms with Gasteiger partial charge in [-0.3, -0.25) is 15.3 Å². The van der Waals surface area contributed by atoms with Crippen molar-refractivity contribution in [2.45, 2.75) is 32.4 Å². The molecule has 0 amide bonds. The summed E-state index contributed by atoms with van der Waals surface area (Å²) < 4.78 is 0. The summed E-state index contributed by atoms with van der Waals surface area (Å²) in [5.41, 5.74) is -0.639. The van der Waals surface area contributed by atoms with Crippen molar-refractivity contribution in [3.8, 4) is 0 Å². The van der Waals surface area contributed by atoms with Crippen LogP contribution in [0.2, 0.25) is 0 Å². The Labute approximate surface area is 67.9 Å². The minimum Gasteiger partial charge on any atom is -0.288 e. The Hall–Kier alpha value is -0.160. The lowest BCUT2D eigenvalue weighted by molar-refractivity contribution is -0.390. The third kappa shape index (κ3) is 1.90. The highest BCUT2D eigenvalue weighted by molar-refractivity contribution is 4.77. The Kier molecular flexibility index (Phi) is 3.96. The van der Waals surface area contributed by atoms with E-state index in [2.05, 4.69) is 0 Å². The molecule has 4 nitrogen and oxygen atoms in total. The maximum Gasteiger partial charge on any atom is 0.124 e. The minimum atomic E-state index is -0.639. The second-order valence-electron chi connectivity index (χ2n) is 2.87. The summed E-state index contributed by atoms with van der Waals surface area (Å²) in [5, 5.41) is 18.3. The molecule has 2 N–H and O–H groups in total. The summed E-state index contributed by atoms with van der Waals surface area (Å²) in [6, 6.07) is 0. The van der Waals surface area contributed by atoms with Gasteiger partial charge in [0, 0.05) is 0 Å². The second kappa shape index (κ2) is 4.01. The zero-order valence-electron chi connectivity index (χ0n) is 7.70. The number of nitrogens with zero attached hydrogens (tertiary/aromatic N) is 2. The van der Waals surface area contributed by atoms with Gasteiger partial charge in [-0.05, 0) is 26.9 Å². The zero-order valence-corrected chi connectivity index (χ0v) is 7.70. The van der Waals surface area contributed by atoms with Crippen LogP contribution in [0.3, 0.4) is 0 Å². The van der Waals surface area contributed by atoms with E-state index in [1.165, 1.54) is 0 Å². The largest absolute Gasteiger partial charge is 0.288 e. The quantitative estimate of drug-likeness (QED) is 0.481. The van der Waals surface area contributed by atoms with Crippen LogP contribution in [0.25, 0.3) is 0 Å². The van der Waals surface area contributed by atoms with E-state index in [0.29, 0.717) is 18.1 Å². The molecule has 0 spiro atoms. The average Bonchev–Trinajstić information content (AvgIpc) is 1.90. The smallest absolute Gasteiger partial charge is 0.124 e. The van der Waals surface area contributed by atoms with E-state index in [1.54, 1.807) is 4.90 Å². The highest BCUT2D eigenvalue weighted by Gasteiger charge is 2.34. The molecule has 0 unspecified atom stereocenters. The summed E-state index contributed by atoms with van der Waals surface area (Å²) in [4.78, 5) is 1.80. The van der Waals surface area contributed by atoms with E-state index in [-0.39, 0.29) is 0 Å². The fourth-order valence-corrected chi connectivity index (χ4v) is 1.34. The molecule has 0 aromatic rings. The topological polar surface area (TPSA) is 46.9 Å². The summed E-state index contributed by atoms with van der Waals surface area (Å²) >= 11 is 0. The summed E-state index contributed by atoms with van der Waals surface area (Å²) in [6.45, 7) is 3.84. The van der Waals surface area contributed by atoms with Crippen molar-refractivity contribution in [3.05, 3.63) is 0 Å². The van der Waals surface area contributed by atoms with Crippen molar-refractivity contribution in [2.24, 2.45) is 0 Å². The van der Waals surface area contributed by atoms with Crippen molar-refractivity contribution in [3.63, 3.8) is 0 Å². The van der Waals surface area contributed by atoms with E-state index in [4.69, 9.17) is 10.4 Å². The van der Waals surface area contributed by atoms with Crippen LogP contribution >= 0.6 is 0 Å². The van der Waals surface area contributed by atoms with Crippen molar-refractivity contribution in [2.75, 3.05) is 14.1 Å². The highest BCUT2D eigenvalue weighted by Crippen LogP contribution is 2.22. The van der Waals surface area contributed by atoms with Gasteiger partial charge in [-0.15, -0.1) is 0 Å². The molecule has 0 aliphatic rings. The van der Waals surface area contributed by atoms with Crippen molar-refractivity contribution < 1.29 is 10.4 Å². The molecule has 0 radical (unpaired) electrons. The number of rotatable bonds is 4. The number of hydroxylamine groups is 2. The molecule has 0 bridgehead atoms. The Bertz CT molecular complexity index is 101. The maximum absolute atomic E-state index is 8.98. The Morgan fingerprint density at radius 1 is 1.09 bits per heavy atom. The molecule has 0 aliphatic carbocycles. The van der Waals surface area contributed by atoms with Crippen LogP contribution in [0.15, 0.2) is 0 Å². The SMILES string of the molecule is CCC(CC)(N(C)C)N(O)O. The molecule has 0 atom stereocenters. The molecule has 4 heteroatoms. The Morgan fingerprint density at radius 2 is 1.45 bits per heavy atom. The van der Waals surface area contributed by atoms with Crippen molar-refractivity contribution in [1.82, 2.24) is 10.1 Å². The molecule has 11 heavy (non-hydrogen) atoms. The van der Waals surface area contributed by atoms with Gasteiger partial charge < -0.3 is 0 Å². The normalized spacial score (nSPS) is 13.1. The van der Waals surface area contributed by atoms with Crippen LogP contribution in [0, 0.1) is 0 Å². The Morgan fingerprint density at radius 3 is 1.45 bits per heavy atom. The molecule has 0 fully saturated rings. The van der Waals surface area contributed by atoms with Gasteiger partial charge >= 0.3 is 0 Å². The van der Waals surface area contributed by atoms with Crippen LogP contribution in [0.5, 0.6) is 0 Å². The molecule has 0 saturated heterocycles. The lowest BCUT2D eigenvalue weighted by Crippen LogP contribution is -2.54. The van der Waals surface area contributed by atoms with Crippen LogP contribution in [0.4, 0.5) is 0 Å². The Balaban J connectivity index is 4.46. The van der Waals surface area contributed by atoms with Gasteiger partial charge in [-0.2, -0.15) is 0 Å². The number of hydrogen-bond acceptors (Lipinski definition) is 4. The first-order valence-corrected chi connectivity index (χ1v) is 3.86. The van der Waals surface area contributed by atoms with E-state index in [1.807, 2.05) is 27.9 Å².